The van der Waals surface area contributed by atoms with Gasteiger partial charge in [-0.05, 0) is 31.2 Å². The van der Waals surface area contributed by atoms with Crippen LogP contribution in [0, 0.1) is 6.92 Å². The summed E-state index contributed by atoms with van der Waals surface area (Å²) in [6, 6.07) is 7.53. The number of amides is 1. The van der Waals surface area contributed by atoms with Crippen molar-refractivity contribution in [3.63, 3.8) is 0 Å². The number of hydrogen-bond donors (Lipinski definition) is 1. The minimum absolute atomic E-state index is 0.214. The molecule has 0 bridgehead atoms. The van der Waals surface area contributed by atoms with E-state index in [1.54, 1.807) is 41.9 Å². The average molecular weight is 390 g/mol. The van der Waals surface area contributed by atoms with Crippen molar-refractivity contribution in [2.75, 3.05) is 5.32 Å². The maximum atomic E-state index is 12.2. The molecule has 0 unspecified atom stereocenters. The van der Waals surface area contributed by atoms with Crippen molar-refractivity contribution in [3.8, 4) is 5.75 Å². The van der Waals surface area contributed by atoms with Gasteiger partial charge in [-0.3, -0.25) is 9.48 Å². The molecule has 0 radical (unpaired) electrons. The Kier molecular flexibility index (Phi) is 4.66. The smallest absolute Gasteiger partial charge is 0.259 e. The summed E-state index contributed by atoms with van der Waals surface area (Å²) in [6.07, 6.45) is 4.97. The third kappa shape index (κ3) is 3.83. The Hall–Kier alpha value is -2.61. The fourth-order valence-corrected chi connectivity index (χ4v) is 2.46. The summed E-state index contributed by atoms with van der Waals surface area (Å²) >= 11 is 3.37. The van der Waals surface area contributed by atoms with Crippen LogP contribution in [0.4, 0.5) is 5.69 Å². The number of anilines is 1. The number of rotatable bonds is 5. The highest BCUT2D eigenvalue weighted by atomic mass is 79.9. The highest BCUT2D eigenvalue weighted by molar-refractivity contribution is 9.10. The second-order valence-corrected chi connectivity index (χ2v) is 6.17. The van der Waals surface area contributed by atoms with Gasteiger partial charge in [0.2, 0.25) is 0 Å². The summed E-state index contributed by atoms with van der Waals surface area (Å²) in [5.41, 5.74) is 1.82. The van der Waals surface area contributed by atoms with Gasteiger partial charge in [-0.15, -0.1) is 0 Å². The fraction of sp³-hybridized carbons (Fsp3) is 0.188. The van der Waals surface area contributed by atoms with Gasteiger partial charge in [0.05, 0.1) is 29.3 Å². The first-order chi connectivity index (χ1) is 11.5. The number of hydrogen-bond acceptors (Lipinski definition) is 4. The van der Waals surface area contributed by atoms with Crippen LogP contribution in [0.3, 0.4) is 0 Å². The van der Waals surface area contributed by atoms with Crippen molar-refractivity contribution < 1.29 is 9.53 Å². The summed E-state index contributed by atoms with van der Waals surface area (Å²) in [4.78, 5) is 12.2. The lowest BCUT2D eigenvalue weighted by Gasteiger charge is -2.06. The molecule has 0 aliphatic rings. The van der Waals surface area contributed by atoms with E-state index in [2.05, 4.69) is 31.4 Å². The van der Waals surface area contributed by atoms with Crippen LogP contribution in [0.15, 0.2) is 47.3 Å². The Labute approximate surface area is 147 Å². The van der Waals surface area contributed by atoms with Gasteiger partial charge in [-0.25, -0.2) is 4.68 Å². The number of halogens is 1. The van der Waals surface area contributed by atoms with Gasteiger partial charge in [0.15, 0.2) is 6.73 Å². The molecule has 8 heteroatoms. The van der Waals surface area contributed by atoms with E-state index < -0.39 is 0 Å². The molecule has 1 aromatic carbocycles. The van der Waals surface area contributed by atoms with Gasteiger partial charge < -0.3 is 10.1 Å². The van der Waals surface area contributed by atoms with Crippen molar-refractivity contribution in [1.29, 1.82) is 0 Å². The van der Waals surface area contributed by atoms with Crippen molar-refractivity contribution in [2.45, 2.75) is 13.7 Å². The van der Waals surface area contributed by atoms with Gasteiger partial charge in [-0.2, -0.15) is 10.2 Å². The Morgan fingerprint density at radius 2 is 2.04 bits per heavy atom. The van der Waals surface area contributed by atoms with Crippen molar-refractivity contribution >= 4 is 27.5 Å². The minimum atomic E-state index is -0.214. The average Bonchev–Trinajstić information content (AvgIpc) is 3.12. The molecular weight excluding hydrogens is 374 g/mol. The number of aryl methyl sites for hydroxylation is 2. The molecule has 3 rings (SSSR count). The summed E-state index contributed by atoms with van der Waals surface area (Å²) in [5, 5.41) is 11.1. The summed E-state index contributed by atoms with van der Waals surface area (Å²) in [6.45, 7) is 2.05. The Balaban J connectivity index is 1.60. The number of ether oxygens (including phenoxy) is 1. The Morgan fingerprint density at radius 1 is 1.29 bits per heavy atom. The first kappa shape index (κ1) is 16.3. The lowest BCUT2D eigenvalue weighted by atomic mass is 10.2. The molecule has 0 saturated carbocycles. The molecule has 0 saturated heterocycles. The molecule has 0 fully saturated rings. The van der Waals surface area contributed by atoms with E-state index >= 15 is 0 Å². The van der Waals surface area contributed by atoms with Crippen LogP contribution in [0.5, 0.6) is 5.75 Å². The van der Waals surface area contributed by atoms with Crippen molar-refractivity contribution in [2.24, 2.45) is 7.05 Å². The molecule has 7 nitrogen and oxygen atoms in total. The quantitative estimate of drug-likeness (QED) is 0.727. The molecule has 0 atom stereocenters. The predicted molar refractivity (Wildman–Crippen MR) is 92.9 cm³/mol. The molecule has 2 heterocycles. The summed E-state index contributed by atoms with van der Waals surface area (Å²) in [7, 11) is 1.78. The number of carbonyl (C=O) groups is 1. The van der Waals surface area contributed by atoms with Gasteiger partial charge >= 0.3 is 0 Å². The number of carbonyl (C=O) groups excluding carboxylic acids is 1. The molecule has 1 N–H and O–H groups in total. The molecular formula is C16H16BrN5O2. The number of benzene rings is 1. The first-order valence-electron chi connectivity index (χ1n) is 7.23. The Morgan fingerprint density at radius 3 is 2.71 bits per heavy atom. The lowest BCUT2D eigenvalue weighted by Crippen LogP contribution is -2.12. The second-order valence-electron chi connectivity index (χ2n) is 5.25. The second kappa shape index (κ2) is 6.88. The predicted octanol–water partition coefficient (Wildman–Crippen LogP) is 2.98. The van der Waals surface area contributed by atoms with Gasteiger partial charge in [-0.1, -0.05) is 15.9 Å². The molecule has 1 amide bonds. The zero-order chi connectivity index (χ0) is 17.1. The minimum Gasteiger partial charge on any atom is -0.471 e. The van der Waals surface area contributed by atoms with Crippen molar-refractivity contribution in [1.82, 2.24) is 19.6 Å². The Bertz CT molecular complexity index is 854. The molecule has 2 aromatic heterocycles. The maximum absolute atomic E-state index is 12.2. The van der Waals surface area contributed by atoms with E-state index in [0.717, 1.165) is 10.2 Å². The number of nitrogens with one attached hydrogen (secondary N) is 1. The number of aromatic nitrogens is 4. The molecule has 3 aromatic rings. The summed E-state index contributed by atoms with van der Waals surface area (Å²) < 4.78 is 9.83. The SMILES string of the molecule is Cc1nn(C)cc1C(=O)Nc1cnn(COc2ccc(Br)cc2)c1. The monoisotopic (exact) mass is 389 g/mol. The largest absolute Gasteiger partial charge is 0.471 e. The summed E-state index contributed by atoms with van der Waals surface area (Å²) in [5.74, 6) is 0.527. The lowest BCUT2D eigenvalue weighted by molar-refractivity contribution is 0.102. The van der Waals surface area contributed by atoms with Gasteiger partial charge in [0.1, 0.15) is 5.75 Å². The zero-order valence-electron chi connectivity index (χ0n) is 13.2. The van der Waals surface area contributed by atoms with E-state index in [4.69, 9.17) is 4.74 Å². The molecule has 124 valence electrons. The highest BCUT2D eigenvalue weighted by Crippen LogP contribution is 2.17. The third-order valence-electron chi connectivity index (χ3n) is 3.33. The van der Waals surface area contributed by atoms with Crippen LogP contribution in [0.25, 0.3) is 0 Å². The molecule has 24 heavy (non-hydrogen) atoms. The fourth-order valence-electron chi connectivity index (χ4n) is 2.19. The van der Waals surface area contributed by atoms with Gasteiger partial charge in [0, 0.05) is 17.7 Å². The van der Waals surface area contributed by atoms with E-state index in [0.29, 0.717) is 16.9 Å². The molecule has 0 aliphatic heterocycles. The van der Waals surface area contributed by atoms with Crippen LogP contribution in [-0.2, 0) is 13.8 Å². The normalized spacial score (nSPS) is 10.6. The van der Waals surface area contributed by atoms with Gasteiger partial charge in [0.25, 0.3) is 5.91 Å². The number of nitrogens with zero attached hydrogens (tertiary/aromatic N) is 4. The van der Waals surface area contributed by atoms with Crippen molar-refractivity contribution in [3.05, 3.63) is 58.6 Å². The van der Waals surface area contributed by atoms with E-state index in [-0.39, 0.29) is 12.6 Å². The molecule has 0 spiro atoms. The van der Waals surface area contributed by atoms with E-state index in [1.165, 1.54) is 0 Å². The highest BCUT2D eigenvalue weighted by Gasteiger charge is 2.13. The van der Waals surface area contributed by atoms with Crippen LogP contribution < -0.4 is 10.1 Å². The van der Waals surface area contributed by atoms with Crippen LogP contribution >= 0.6 is 15.9 Å². The van der Waals surface area contributed by atoms with Crippen LogP contribution in [0.2, 0.25) is 0 Å². The van der Waals surface area contributed by atoms with E-state index in [1.807, 2.05) is 24.3 Å². The van der Waals surface area contributed by atoms with Crippen LogP contribution in [0.1, 0.15) is 16.1 Å². The zero-order valence-corrected chi connectivity index (χ0v) is 14.8. The standard InChI is InChI=1S/C16H16BrN5O2/c1-11-15(9-21(2)20-11)16(23)19-13-7-18-22(8-13)10-24-14-5-3-12(17)4-6-14/h3-9H,10H2,1-2H3,(H,19,23). The third-order valence-corrected chi connectivity index (χ3v) is 3.85. The van der Waals surface area contributed by atoms with E-state index in [9.17, 15) is 4.79 Å². The topological polar surface area (TPSA) is 74.0 Å². The van der Waals surface area contributed by atoms with Crippen LogP contribution in [-0.4, -0.2) is 25.5 Å². The molecule has 0 aliphatic carbocycles. The first-order valence-corrected chi connectivity index (χ1v) is 8.03. The maximum Gasteiger partial charge on any atom is 0.259 e.